The number of rotatable bonds is 8. The average molecular weight is 318 g/mol. The van der Waals surface area contributed by atoms with Crippen molar-refractivity contribution in [3.8, 4) is 0 Å². The molecule has 0 saturated carbocycles. The van der Waals surface area contributed by atoms with Crippen LogP contribution in [0, 0.1) is 5.92 Å². The summed E-state index contributed by atoms with van der Waals surface area (Å²) in [4.78, 5) is 0. The maximum atomic E-state index is 12.2. The summed E-state index contributed by atoms with van der Waals surface area (Å²) in [5.74, 6) is 0.760. The average Bonchev–Trinajstić information content (AvgIpc) is 2.37. The van der Waals surface area contributed by atoms with Crippen LogP contribution in [-0.4, -0.2) is 26.1 Å². The Kier molecular flexibility index (Phi) is 7.00. The van der Waals surface area contributed by atoms with Gasteiger partial charge in [0.15, 0.2) is 0 Å². The molecule has 0 spiro atoms. The maximum Gasteiger partial charge on any atom is 0.212 e. The van der Waals surface area contributed by atoms with Crippen molar-refractivity contribution in [3.05, 3.63) is 35.9 Å². The molecule has 0 amide bonds. The highest BCUT2D eigenvalue weighted by atomic mass is 35.5. The number of hydrogen-bond donors (Lipinski definition) is 1. The second kappa shape index (κ2) is 8.01. The highest BCUT2D eigenvalue weighted by Gasteiger charge is 2.21. The van der Waals surface area contributed by atoms with Gasteiger partial charge in [-0.3, -0.25) is 0 Å². The standard InChI is InChI=1S/C15H24ClNO2S/c1-12(2)9-15(10-16)17-20(18,19)11-13(3)14-7-5-4-6-8-14/h4-8,12-13,15,17H,9-11H2,1-3H3. The molecule has 1 aromatic carbocycles. The minimum Gasteiger partial charge on any atom is -0.212 e. The summed E-state index contributed by atoms with van der Waals surface area (Å²) in [6.45, 7) is 6.04. The van der Waals surface area contributed by atoms with E-state index < -0.39 is 10.0 Å². The van der Waals surface area contributed by atoms with Crippen molar-refractivity contribution in [3.63, 3.8) is 0 Å². The van der Waals surface area contributed by atoms with E-state index in [1.165, 1.54) is 0 Å². The van der Waals surface area contributed by atoms with Gasteiger partial charge in [0.1, 0.15) is 0 Å². The van der Waals surface area contributed by atoms with E-state index in [9.17, 15) is 8.42 Å². The smallest absolute Gasteiger partial charge is 0.212 e. The van der Waals surface area contributed by atoms with E-state index in [2.05, 4.69) is 18.6 Å². The Morgan fingerprint density at radius 2 is 1.75 bits per heavy atom. The van der Waals surface area contributed by atoms with Gasteiger partial charge >= 0.3 is 0 Å². The van der Waals surface area contributed by atoms with Crippen LogP contribution >= 0.6 is 11.6 Å². The molecule has 0 bridgehead atoms. The van der Waals surface area contributed by atoms with Gasteiger partial charge in [-0.25, -0.2) is 13.1 Å². The molecule has 5 heteroatoms. The summed E-state index contributed by atoms with van der Waals surface area (Å²) >= 11 is 5.84. The number of hydrogen-bond acceptors (Lipinski definition) is 2. The zero-order chi connectivity index (χ0) is 15.2. The fraction of sp³-hybridized carbons (Fsp3) is 0.600. The van der Waals surface area contributed by atoms with Crippen LogP contribution in [0.1, 0.15) is 38.7 Å². The fourth-order valence-corrected chi connectivity index (χ4v) is 4.15. The Hall–Kier alpha value is -0.580. The maximum absolute atomic E-state index is 12.2. The molecule has 3 nitrogen and oxygen atoms in total. The summed E-state index contributed by atoms with van der Waals surface area (Å²) in [5.41, 5.74) is 1.03. The molecule has 0 aliphatic carbocycles. The highest BCUT2D eigenvalue weighted by molar-refractivity contribution is 7.89. The van der Waals surface area contributed by atoms with Gasteiger partial charge in [0.05, 0.1) is 5.75 Å². The van der Waals surface area contributed by atoms with Crippen molar-refractivity contribution in [2.45, 2.75) is 39.2 Å². The van der Waals surface area contributed by atoms with Gasteiger partial charge in [-0.2, -0.15) is 0 Å². The van der Waals surface area contributed by atoms with Gasteiger partial charge in [0, 0.05) is 11.9 Å². The third-order valence-corrected chi connectivity index (χ3v) is 5.13. The van der Waals surface area contributed by atoms with Crippen LogP contribution in [0.3, 0.4) is 0 Å². The minimum absolute atomic E-state index is 0.0382. The van der Waals surface area contributed by atoms with Crippen molar-refractivity contribution in [2.24, 2.45) is 5.92 Å². The van der Waals surface area contributed by atoms with Crippen LogP contribution in [0.2, 0.25) is 0 Å². The molecule has 1 N–H and O–H groups in total. The summed E-state index contributed by atoms with van der Waals surface area (Å²) < 4.78 is 27.1. The summed E-state index contributed by atoms with van der Waals surface area (Å²) in [7, 11) is -3.32. The van der Waals surface area contributed by atoms with Crippen molar-refractivity contribution < 1.29 is 8.42 Å². The second-order valence-corrected chi connectivity index (χ2v) is 7.80. The van der Waals surface area contributed by atoms with Crippen LogP contribution in [0.5, 0.6) is 0 Å². The predicted octanol–water partition coefficient (Wildman–Crippen LogP) is 3.36. The molecule has 114 valence electrons. The van der Waals surface area contributed by atoms with Crippen LogP contribution in [0.4, 0.5) is 0 Å². The lowest BCUT2D eigenvalue weighted by Crippen LogP contribution is -2.39. The normalized spacial score (nSPS) is 15.2. The molecule has 0 aromatic heterocycles. The Morgan fingerprint density at radius 3 is 2.25 bits per heavy atom. The molecule has 1 rings (SSSR count). The monoisotopic (exact) mass is 317 g/mol. The van der Waals surface area contributed by atoms with E-state index in [0.717, 1.165) is 12.0 Å². The summed E-state index contributed by atoms with van der Waals surface area (Å²) in [6.07, 6.45) is 0.752. The third kappa shape index (κ3) is 6.25. The number of halogens is 1. The van der Waals surface area contributed by atoms with Crippen molar-refractivity contribution in [1.82, 2.24) is 4.72 Å². The molecule has 0 aliphatic rings. The zero-order valence-corrected chi connectivity index (χ0v) is 13.9. The molecule has 2 atom stereocenters. The molecular weight excluding hydrogens is 294 g/mol. The van der Waals surface area contributed by atoms with Crippen LogP contribution in [-0.2, 0) is 10.0 Å². The lowest BCUT2D eigenvalue weighted by Gasteiger charge is -2.20. The SMILES string of the molecule is CC(C)CC(CCl)NS(=O)(=O)CC(C)c1ccccc1. The van der Waals surface area contributed by atoms with Gasteiger partial charge in [0.25, 0.3) is 0 Å². The molecular formula is C15H24ClNO2S. The van der Waals surface area contributed by atoms with Gasteiger partial charge in [-0.15, -0.1) is 11.6 Å². The van der Waals surface area contributed by atoms with E-state index in [-0.39, 0.29) is 17.7 Å². The molecule has 0 heterocycles. The van der Waals surface area contributed by atoms with Crippen molar-refractivity contribution in [2.75, 3.05) is 11.6 Å². The number of nitrogens with one attached hydrogen (secondary N) is 1. The molecule has 0 fully saturated rings. The zero-order valence-electron chi connectivity index (χ0n) is 12.3. The largest absolute Gasteiger partial charge is 0.212 e. The van der Waals surface area contributed by atoms with Gasteiger partial charge in [-0.05, 0) is 23.8 Å². The van der Waals surface area contributed by atoms with E-state index in [0.29, 0.717) is 11.8 Å². The molecule has 0 radical (unpaired) electrons. The Balaban J connectivity index is 2.65. The Labute approximate surface area is 127 Å². The van der Waals surface area contributed by atoms with Crippen LogP contribution < -0.4 is 4.72 Å². The predicted molar refractivity (Wildman–Crippen MR) is 85.7 cm³/mol. The van der Waals surface area contributed by atoms with E-state index >= 15 is 0 Å². The van der Waals surface area contributed by atoms with E-state index in [1.807, 2.05) is 37.3 Å². The lowest BCUT2D eigenvalue weighted by molar-refractivity contribution is 0.484. The molecule has 2 unspecified atom stereocenters. The van der Waals surface area contributed by atoms with Crippen LogP contribution in [0.15, 0.2) is 30.3 Å². The van der Waals surface area contributed by atoms with Crippen molar-refractivity contribution in [1.29, 1.82) is 0 Å². The Bertz CT molecular complexity index is 488. The van der Waals surface area contributed by atoms with Gasteiger partial charge < -0.3 is 0 Å². The third-order valence-electron chi connectivity index (χ3n) is 3.13. The first-order valence-corrected chi connectivity index (χ1v) is 9.13. The van der Waals surface area contributed by atoms with Gasteiger partial charge in [-0.1, -0.05) is 51.1 Å². The summed E-state index contributed by atoms with van der Waals surface area (Å²) in [6, 6.07) is 9.48. The number of sulfonamides is 1. The number of alkyl halides is 1. The van der Waals surface area contributed by atoms with E-state index in [1.54, 1.807) is 0 Å². The minimum atomic E-state index is -3.32. The quantitative estimate of drug-likeness (QED) is 0.747. The lowest BCUT2D eigenvalue weighted by atomic mass is 10.0. The molecule has 0 saturated heterocycles. The molecule has 1 aromatic rings. The topological polar surface area (TPSA) is 46.2 Å². The van der Waals surface area contributed by atoms with Crippen LogP contribution in [0.25, 0.3) is 0 Å². The second-order valence-electron chi connectivity index (χ2n) is 5.69. The van der Waals surface area contributed by atoms with Crippen molar-refractivity contribution >= 4 is 21.6 Å². The summed E-state index contributed by atoms with van der Waals surface area (Å²) in [5, 5.41) is 0. The van der Waals surface area contributed by atoms with E-state index in [4.69, 9.17) is 11.6 Å². The molecule has 0 aliphatic heterocycles. The van der Waals surface area contributed by atoms with Gasteiger partial charge in [0.2, 0.25) is 10.0 Å². The first-order chi connectivity index (χ1) is 9.34. The Morgan fingerprint density at radius 1 is 1.15 bits per heavy atom. The highest BCUT2D eigenvalue weighted by Crippen LogP contribution is 2.17. The molecule has 20 heavy (non-hydrogen) atoms. The first kappa shape index (κ1) is 17.5. The fourth-order valence-electron chi connectivity index (χ4n) is 2.22. The number of benzene rings is 1. The first-order valence-electron chi connectivity index (χ1n) is 6.95.